The van der Waals surface area contributed by atoms with Crippen LogP contribution < -0.4 is 0 Å². The molecule has 0 atom stereocenters. The normalized spacial score (nSPS) is 14.3. The zero-order chi connectivity index (χ0) is 16.5. The monoisotopic (exact) mass is 309 g/mol. The summed E-state index contributed by atoms with van der Waals surface area (Å²) in [6.07, 6.45) is 5.49. The third-order valence-corrected chi connectivity index (χ3v) is 3.96. The van der Waals surface area contributed by atoms with Crippen molar-refractivity contribution >= 4 is 17.7 Å². The molecule has 124 valence electrons. The van der Waals surface area contributed by atoms with Gasteiger partial charge in [0.05, 0.1) is 0 Å². The van der Waals surface area contributed by atoms with Crippen molar-refractivity contribution in [1.82, 2.24) is 14.7 Å². The maximum atomic E-state index is 11.9. The fourth-order valence-corrected chi connectivity index (χ4v) is 2.17. The van der Waals surface area contributed by atoms with E-state index in [1.807, 2.05) is 14.1 Å². The van der Waals surface area contributed by atoms with Crippen LogP contribution in [0.1, 0.15) is 32.6 Å². The fourth-order valence-electron chi connectivity index (χ4n) is 2.17. The Morgan fingerprint density at radius 3 is 2.27 bits per heavy atom. The number of unbranched alkanes of at least 4 members (excludes halogenated alkanes) is 2. The summed E-state index contributed by atoms with van der Waals surface area (Å²) in [5.41, 5.74) is 0. The van der Waals surface area contributed by atoms with Crippen LogP contribution in [-0.4, -0.2) is 72.7 Å². The summed E-state index contributed by atoms with van der Waals surface area (Å²) in [7, 11) is 3.87. The van der Waals surface area contributed by atoms with E-state index in [0.717, 1.165) is 38.9 Å². The van der Waals surface area contributed by atoms with Gasteiger partial charge in [-0.05, 0) is 26.4 Å². The Balaban J connectivity index is 2.10. The van der Waals surface area contributed by atoms with E-state index in [1.54, 1.807) is 4.90 Å². The molecule has 6 nitrogen and oxygen atoms in total. The van der Waals surface area contributed by atoms with Crippen LogP contribution in [0.2, 0.25) is 0 Å². The van der Waals surface area contributed by atoms with Crippen LogP contribution in [0.15, 0.2) is 12.2 Å². The highest BCUT2D eigenvalue weighted by atomic mass is 16.2. The third kappa shape index (κ3) is 5.97. The van der Waals surface area contributed by atoms with Crippen molar-refractivity contribution in [3.05, 3.63) is 12.2 Å². The number of hydrogen-bond acceptors (Lipinski definition) is 4. The molecule has 0 aromatic heterocycles. The van der Waals surface area contributed by atoms with Gasteiger partial charge in [0.1, 0.15) is 0 Å². The number of rotatable bonds is 10. The Kier molecular flexibility index (Phi) is 7.80. The molecule has 0 spiro atoms. The summed E-state index contributed by atoms with van der Waals surface area (Å²) in [4.78, 5) is 39.8. The first-order valence-electron chi connectivity index (χ1n) is 7.91. The second-order valence-electron chi connectivity index (χ2n) is 5.68. The van der Waals surface area contributed by atoms with Crippen LogP contribution in [-0.2, 0) is 14.4 Å². The number of carbonyl (C=O) groups is 3. The minimum Gasteiger partial charge on any atom is -0.344 e. The Labute approximate surface area is 132 Å². The molecule has 0 unspecified atom stereocenters. The number of imide groups is 1. The highest BCUT2D eigenvalue weighted by Gasteiger charge is 2.22. The van der Waals surface area contributed by atoms with Crippen molar-refractivity contribution in [1.29, 1.82) is 0 Å². The molecule has 1 heterocycles. The van der Waals surface area contributed by atoms with E-state index >= 15 is 0 Å². The van der Waals surface area contributed by atoms with E-state index < -0.39 is 0 Å². The van der Waals surface area contributed by atoms with Gasteiger partial charge in [0.15, 0.2) is 0 Å². The molecule has 0 saturated heterocycles. The molecular weight excluding hydrogens is 282 g/mol. The standard InChI is InChI=1S/C16H27N3O3/c1-4-17(2)12-13-18(3)14(20)8-6-5-7-11-19-15(21)9-10-16(19)22/h9-10H,4-8,11-13H2,1-3H3. The molecule has 0 radical (unpaired) electrons. The van der Waals surface area contributed by atoms with E-state index in [4.69, 9.17) is 0 Å². The Bertz CT molecular complexity index is 416. The quantitative estimate of drug-likeness (QED) is 0.444. The summed E-state index contributed by atoms with van der Waals surface area (Å²) in [6.45, 7) is 5.13. The van der Waals surface area contributed by atoms with Crippen LogP contribution in [0, 0.1) is 0 Å². The third-order valence-electron chi connectivity index (χ3n) is 3.96. The lowest BCUT2D eigenvalue weighted by Crippen LogP contribution is -2.34. The van der Waals surface area contributed by atoms with Gasteiger partial charge in [0.2, 0.25) is 5.91 Å². The average Bonchev–Trinajstić information content (AvgIpc) is 2.83. The molecule has 1 rings (SSSR count). The van der Waals surface area contributed by atoms with Crippen molar-refractivity contribution in [2.24, 2.45) is 0 Å². The molecule has 3 amide bonds. The SMILES string of the molecule is CCN(C)CCN(C)C(=O)CCCCCN1C(=O)C=CC1=O. The minimum absolute atomic E-state index is 0.152. The average molecular weight is 309 g/mol. The number of likely N-dealkylation sites (N-methyl/N-ethyl adjacent to an activating group) is 2. The van der Waals surface area contributed by atoms with Gasteiger partial charge >= 0.3 is 0 Å². The van der Waals surface area contributed by atoms with Crippen molar-refractivity contribution < 1.29 is 14.4 Å². The Morgan fingerprint density at radius 1 is 1.05 bits per heavy atom. The molecule has 0 N–H and O–H groups in total. The number of nitrogens with zero attached hydrogens (tertiary/aromatic N) is 3. The van der Waals surface area contributed by atoms with Crippen LogP contribution in [0.5, 0.6) is 0 Å². The first kappa shape index (κ1) is 18.4. The molecule has 0 bridgehead atoms. The predicted molar refractivity (Wildman–Crippen MR) is 85.1 cm³/mol. The second-order valence-corrected chi connectivity index (χ2v) is 5.68. The molecule has 0 aromatic rings. The van der Waals surface area contributed by atoms with Crippen LogP contribution in [0.4, 0.5) is 0 Å². The van der Waals surface area contributed by atoms with E-state index in [-0.39, 0.29) is 17.7 Å². The lowest BCUT2D eigenvalue weighted by atomic mass is 10.1. The maximum absolute atomic E-state index is 11.9. The van der Waals surface area contributed by atoms with Gasteiger partial charge in [-0.2, -0.15) is 0 Å². The van der Waals surface area contributed by atoms with Crippen molar-refractivity contribution in [3.8, 4) is 0 Å². The molecule has 0 fully saturated rings. The molecule has 0 aliphatic carbocycles. The highest BCUT2D eigenvalue weighted by molar-refractivity contribution is 6.12. The predicted octanol–water partition coefficient (Wildman–Crippen LogP) is 0.882. The molecule has 1 aliphatic heterocycles. The first-order chi connectivity index (χ1) is 10.5. The van der Waals surface area contributed by atoms with Gasteiger partial charge in [0.25, 0.3) is 11.8 Å². The summed E-state index contributed by atoms with van der Waals surface area (Å²) in [6, 6.07) is 0. The van der Waals surface area contributed by atoms with E-state index in [9.17, 15) is 14.4 Å². The highest BCUT2D eigenvalue weighted by Crippen LogP contribution is 2.08. The van der Waals surface area contributed by atoms with Crippen LogP contribution >= 0.6 is 0 Å². The number of amides is 3. The Hall–Kier alpha value is -1.69. The molecule has 0 saturated carbocycles. The van der Waals surface area contributed by atoms with E-state index in [0.29, 0.717) is 13.0 Å². The Morgan fingerprint density at radius 2 is 1.68 bits per heavy atom. The minimum atomic E-state index is -0.235. The van der Waals surface area contributed by atoms with E-state index in [2.05, 4.69) is 11.8 Å². The van der Waals surface area contributed by atoms with Crippen LogP contribution in [0.25, 0.3) is 0 Å². The smallest absolute Gasteiger partial charge is 0.253 e. The summed E-state index contributed by atoms with van der Waals surface area (Å²) in [5, 5.41) is 0. The van der Waals surface area contributed by atoms with Gasteiger partial charge in [-0.15, -0.1) is 0 Å². The van der Waals surface area contributed by atoms with Crippen molar-refractivity contribution in [3.63, 3.8) is 0 Å². The zero-order valence-electron chi connectivity index (χ0n) is 13.9. The van der Waals surface area contributed by atoms with Gasteiger partial charge in [-0.1, -0.05) is 13.3 Å². The fraction of sp³-hybridized carbons (Fsp3) is 0.688. The van der Waals surface area contributed by atoms with Crippen molar-refractivity contribution in [2.45, 2.75) is 32.6 Å². The topological polar surface area (TPSA) is 60.9 Å². The number of hydrogen-bond donors (Lipinski definition) is 0. The zero-order valence-corrected chi connectivity index (χ0v) is 13.9. The summed E-state index contributed by atoms with van der Waals surface area (Å²) < 4.78 is 0. The maximum Gasteiger partial charge on any atom is 0.253 e. The molecule has 6 heteroatoms. The number of carbonyl (C=O) groups excluding carboxylic acids is 3. The largest absolute Gasteiger partial charge is 0.344 e. The van der Waals surface area contributed by atoms with Crippen LogP contribution in [0.3, 0.4) is 0 Å². The summed E-state index contributed by atoms with van der Waals surface area (Å²) >= 11 is 0. The first-order valence-corrected chi connectivity index (χ1v) is 7.91. The second kappa shape index (κ2) is 9.35. The van der Waals surface area contributed by atoms with E-state index in [1.165, 1.54) is 17.1 Å². The molecule has 0 aromatic carbocycles. The van der Waals surface area contributed by atoms with Gasteiger partial charge < -0.3 is 9.80 Å². The lowest BCUT2D eigenvalue weighted by molar-refractivity contribution is -0.137. The van der Waals surface area contributed by atoms with Gasteiger partial charge in [-0.25, -0.2) is 0 Å². The molecule has 22 heavy (non-hydrogen) atoms. The lowest BCUT2D eigenvalue weighted by Gasteiger charge is -2.21. The van der Waals surface area contributed by atoms with Crippen molar-refractivity contribution in [2.75, 3.05) is 40.3 Å². The van der Waals surface area contributed by atoms with Gasteiger partial charge in [-0.3, -0.25) is 19.3 Å². The van der Waals surface area contributed by atoms with Gasteiger partial charge in [0, 0.05) is 45.3 Å². The summed E-state index contributed by atoms with van der Waals surface area (Å²) in [5.74, 6) is -0.318. The molecule has 1 aliphatic rings. The molecular formula is C16H27N3O3.